The van der Waals surface area contributed by atoms with E-state index in [0.29, 0.717) is 5.92 Å². The molecule has 8 heteroatoms. The first kappa shape index (κ1) is 26.8. The van der Waals surface area contributed by atoms with Crippen LogP contribution in [0.15, 0.2) is 17.1 Å². The number of halogens is 1. The first-order chi connectivity index (χ1) is 14.0. The fourth-order valence-corrected chi connectivity index (χ4v) is 3.52. The van der Waals surface area contributed by atoms with Crippen molar-refractivity contribution in [3.63, 3.8) is 0 Å². The molecule has 0 amide bonds. The van der Waals surface area contributed by atoms with Crippen LogP contribution in [0.25, 0.3) is 0 Å². The van der Waals surface area contributed by atoms with Crippen LogP contribution in [0.4, 0.5) is 0 Å². The molecule has 1 N–H and O–H groups in total. The predicted molar refractivity (Wildman–Crippen MR) is 134 cm³/mol. The number of rotatable bonds is 9. The Balaban J connectivity index is 0.00000450. The van der Waals surface area contributed by atoms with Gasteiger partial charge in [0, 0.05) is 46.3 Å². The number of nitrogens with one attached hydrogen (secondary N) is 1. The number of morpholine rings is 1. The van der Waals surface area contributed by atoms with E-state index in [2.05, 4.69) is 49.0 Å². The van der Waals surface area contributed by atoms with Gasteiger partial charge in [-0.2, -0.15) is 0 Å². The summed E-state index contributed by atoms with van der Waals surface area (Å²) in [4.78, 5) is 9.53. The van der Waals surface area contributed by atoms with Gasteiger partial charge in [-0.1, -0.05) is 6.92 Å². The zero-order valence-electron chi connectivity index (χ0n) is 19.4. The van der Waals surface area contributed by atoms with E-state index in [1.54, 1.807) is 14.2 Å². The molecule has 0 radical (unpaired) electrons. The Bertz CT molecular complexity index is 666. The number of hydrogen-bond acceptors (Lipinski definition) is 5. The maximum absolute atomic E-state index is 5.47. The molecule has 7 nitrogen and oxygen atoms in total. The van der Waals surface area contributed by atoms with Gasteiger partial charge in [0.05, 0.1) is 27.4 Å². The van der Waals surface area contributed by atoms with Crippen LogP contribution in [0.2, 0.25) is 0 Å². The molecule has 2 rings (SSSR count). The zero-order chi connectivity index (χ0) is 21.2. The lowest BCUT2D eigenvalue weighted by Crippen LogP contribution is -2.41. The minimum atomic E-state index is 0. The highest BCUT2D eigenvalue weighted by Crippen LogP contribution is 2.30. The quantitative estimate of drug-likeness (QED) is 0.299. The third-order valence-electron chi connectivity index (χ3n) is 5.17. The molecular formula is C22H39IN4O3. The molecule has 1 aliphatic rings. The van der Waals surface area contributed by atoms with Gasteiger partial charge in [0.15, 0.2) is 17.5 Å². The third-order valence-corrected chi connectivity index (χ3v) is 5.17. The molecule has 1 atom stereocenters. The average molecular weight is 534 g/mol. The van der Waals surface area contributed by atoms with Crippen LogP contribution in [-0.2, 0) is 11.3 Å². The highest BCUT2D eigenvalue weighted by Gasteiger charge is 2.15. The monoisotopic (exact) mass is 534 g/mol. The van der Waals surface area contributed by atoms with Crippen molar-refractivity contribution in [3.05, 3.63) is 23.3 Å². The van der Waals surface area contributed by atoms with Crippen molar-refractivity contribution < 1.29 is 14.2 Å². The Labute approximate surface area is 199 Å². The summed E-state index contributed by atoms with van der Waals surface area (Å²) in [6, 6.07) is 4.08. The van der Waals surface area contributed by atoms with E-state index in [-0.39, 0.29) is 24.0 Å². The van der Waals surface area contributed by atoms with Crippen molar-refractivity contribution in [3.8, 4) is 11.5 Å². The van der Waals surface area contributed by atoms with Gasteiger partial charge in [-0.3, -0.25) is 9.89 Å². The van der Waals surface area contributed by atoms with Crippen LogP contribution in [0.1, 0.15) is 25.0 Å². The van der Waals surface area contributed by atoms with Gasteiger partial charge in [0.25, 0.3) is 0 Å². The molecule has 0 bridgehead atoms. The van der Waals surface area contributed by atoms with E-state index < -0.39 is 0 Å². The summed E-state index contributed by atoms with van der Waals surface area (Å²) in [5.74, 6) is 2.94. The van der Waals surface area contributed by atoms with E-state index in [4.69, 9.17) is 19.2 Å². The Hall–Kier alpha value is -1.26. The smallest absolute Gasteiger partial charge is 0.193 e. The SMILES string of the molecule is CCNC(=NCC(C)CN1CCOCC1)N(C)Cc1cc(OC)c(OC)cc1C.I. The Morgan fingerprint density at radius 3 is 2.47 bits per heavy atom. The molecule has 0 saturated carbocycles. The second-order valence-electron chi connectivity index (χ2n) is 7.70. The number of aryl methyl sites for hydroxylation is 1. The van der Waals surface area contributed by atoms with Crippen molar-refractivity contribution in [2.24, 2.45) is 10.9 Å². The van der Waals surface area contributed by atoms with Gasteiger partial charge in [0.2, 0.25) is 0 Å². The molecule has 0 aliphatic carbocycles. The van der Waals surface area contributed by atoms with E-state index in [9.17, 15) is 0 Å². The summed E-state index contributed by atoms with van der Waals surface area (Å²) in [6.07, 6.45) is 0. The van der Waals surface area contributed by atoms with Crippen LogP contribution in [-0.4, -0.2) is 83.0 Å². The third kappa shape index (κ3) is 8.11. The minimum Gasteiger partial charge on any atom is -0.493 e. The van der Waals surface area contributed by atoms with Crippen LogP contribution >= 0.6 is 24.0 Å². The molecule has 0 spiro atoms. The summed E-state index contributed by atoms with van der Waals surface area (Å²) in [5, 5.41) is 3.42. The zero-order valence-corrected chi connectivity index (χ0v) is 21.7. The van der Waals surface area contributed by atoms with Crippen LogP contribution < -0.4 is 14.8 Å². The summed E-state index contributed by atoms with van der Waals surface area (Å²) in [7, 11) is 5.41. The predicted octanol–water partition coefficient (Wildman–Crippen LogP) is 3.00. The van der Waals surface area contributed by atoms with Gasteiger partial charge in [-0.15, -0.1) is 24.0 Å². The van der Waals surface area contributed by atoms with Crippen LogP contribution in [0, 0.1) is 12.8 Å². The lowest BCUT2D eigenvalue weighted by atomic mass is 10.1. The summed E-state index contributed by atoms with van der Waals surface area (Å²) >= 11 is 0. The standard InChI is InChI=1S/C22H38N4O3.HI/c1-7-23-22(24-14-17(2)15-26-8-10-29-11-9-26)25(4)16-19-13-21(28-6)20(27-5)12-18(19)3;/h12-13,17H,7-11,14-16H2,1-6H3,(H,23,24);1H. The maximum Gasteiger partial charge on any atom is 0.193 e. The fourth-order valence-electron chi connectivity index (χ4n) is 3.52. The number of guanidine groups is 1. The molecular weight excluding hydrogens is 495 g/mol. The molecule has 1 saturated heterocycles. The fraction of sp³-hybridized carbons (Fsp3) is 0.682. The molecule has 0 aromatic heterocycles. The number of aliphatic imine (C=N–C) groups is 1. The van der Waals surface area contributed by atoms with E-state index >= 15 is 0 Å². The first-order valence-electron chi connectivity index (χ1n) is 10.5. The Morgan fingerprint density at radius 1 is 1.23 bits per heavy atom. The molecule has 1 aliphatic heterocycles. The molecule has 1 unspecified atom stereocenters. The van der Waals surface area contributed by atoms with Gasteiger partial charge in [0.1, 0.15) is 0 Å². The molecule has 30 heavy (non-hydrogen) atoms. The molecule has 1 fully saturated rings. The summed E-state index contributed by atoms with van der Waals surface area (Å²) < 4.78 is 16.3. The number of methoxy groups -OCH3 is 2. The number of ether oxygens (including phenoxy) is 3. The Morgan fingerprint density at radius 2 is 1.87 bits per heavy atom. The van der Waals surface area contributed by atoms with Gasteiger partial charge in [-0.25, -0.2) is 0 Å². The second kappa shape index (κ2) is 13.9. The van der Waals surface area contributed by atoms with Gasteiger partial charge < -0.3 is 24.4 Å². The topological polar surface area (TPSA) is 58.6 Å². The maximum atomic E-state index is 5.47. The van der Waals surface area contributed by atoms with E-state index in [0.717, 1.165) is 69.9 Å². The van der Waals surface area contributed by atoms with E-state index in [1.807, 2.05) is 6.07 Å². The number of nitrogens with zero attached hydrogens (tertiary/aromatic N) is 3. The second-order valence-corrected chi connectivity index (χ2v) is 7.70. The van der Waals surface area contributed by atoms with Crippen molar-refractivity contribution in [1.82, 2.24) is 15.1 Å². The largest absolute Gasteiger partial charge is 0.493 e. The van der Waals surface area contributed by atoms with E-state index in [1.165, 1.54) is 11.1 Å². The lowest BCUT2D eigenvalue weighted by Gasteiger charge is -2.29. The normalized spacial score (nSPS) is 15.9. The summed E-state index contributed by atoms with van der Waals surface area (Å²) in [6.45, 7) is 13.6. The molecule has 1 aromatic rings. The van der Waals surface area contributed by atoms with Gasteiger partial charge in [-0.05, 0) is 43.0 Å². The van der Waals surface area contributed by atoms with Gasteiger partial charge >= 0.3 is 0 Å². The first-order valence-corrected chi connectivity index (χ1v) is 10.5. The highest BCUT2D eigenvalue weighted by atomic mass is 127. The van der Waals surface area contributed by atoms with Crippen LogP contribution in [0.5, 0.6) is 11.5 Å². The Kier molecular flexibility index (Phi) is 12.4. The number of hydrogen-bond donors (Lipinski definition) is 1. The van der Waals surface area contributed by atoms with Crippen LogP contribution in [0.3, 0.4) is 0 Å². The molecule has 172 valence electrons. The van der Waals surface area contributed by atoms with Crippen molar-refractivity contribution >= 4 is 29.9 Å². The van der Waals surface area contributed by atoms with Crippen molar-refractivity contribution in [2.75, 3.05) is 67.2 Å². The van der Waals surface area contributed by atoms with Crippen molar-refractivity contribution in [1.29, 1.82) is 0 Å². The highest BCUT2D eigenvalue weighted by molar-refractivity contribution is 14.0. The number of benzene rings is 1. The molecule has 1 heterocycles. The average Bonchev–Trinajstić information content (AvgIpc) is 2.72. The minimum absolute atomic E-state index is 0. The lowest BCUT2D eigenvalue weighted by molar-refractivity contribution is 0.0323. The summed E-state index contributed by atoms with van der Waals surface area (Å²) in [5.41, 5.74) is 2.36. The molecule has 1 aromatic carbocycles. The van der Waals surface area contributed by atoms with Crippen molar-refractivity contribution in [2.45, 2.75) is 27.3 Å².